The number of amides is 12. The molecule has 24 N–H and O–H groups in total. The number of nitrogens with one attached hydrogen (secondary N) is 6. The van der Waals surface area contributed by atoms with Gasteiger partial charge in [-0.3, -0.25) is 71.9 Å². The molecule has 6 atom stereocenters. The smallest absolute Gasteiger partial charge is 0.333 e. The molecule has 0 radical (unpaired) electrons. The van der Waals surface area contributed by atoms with E-state index in [4.69, 9.17) is 65.0 Å². The number of hydrogen-bond donors (Lipinski definition) is 18. The highest BCUT2D eigenvalue weighted by Crippen LogP contribution is 2.17. The van der Waals surface area contributed by atoms with Crippen LogP contribution in [-0.4, -0.2) is 263 Å². The van der Waals surface area contributed by atoms with Crippen molar-refractivity contribution in [3.05, 3.63) is 0 Å². The van der Waals surface area contributed by atoms with E-state index < -0.39 is 131 Å². The Labute approximate surface area is 788 Å². The summed E-state index contributed by atoms with van der Waals surface area (Å²) in [5, 5.41) is 69.3. The molecule has 0 bridgehead atoms. The second-order valence-electron chi connectivity index (χ2n) is 30.8. The van der Waals surface area contributed by atoms with Crippen molar-refractivity contribution in [2.24, 2.45) is 34.4 Å². The number of carboxylic acids is 6. The van der Waals surface area contributed by atoms with Crippen molar-refractivity contribution in [1.29, 1.82) is 0 Å². The lowest BCUT2D eigenvalue weighted by molar-refractivity contribution is -0.197. The number of rotatable bonds is 60. The summed E-state index contributed by atoms with van der Waals surface area (Å²) in [6, 6.07) is -4.82. The van der Waals surface area contributed by atoms with Crippen LogP contribution < -0.4 is 66.3 Å². The van der Waals surface area contributed by atoms with Gasteiger partial charge >= 0.3 is 53.7 Å². The van der Waals surface area contributed by atoms with Crippen molar-refractivity contribution in [3.8, 4) is 0 Å². The summed E-state index contributed by atoms with van der Waals surface area (Å²) in [5.74, 6) is -11.9. The maximum Gasteiger partial charge on any atom is 0.333 e. The zero-order valence-electron chi connectivity index (χ0n) is 79.9. The van der Waals surface area contributed by atoms with Crippen molar-refractivity contribution in [3.63, 3.8) is 0 Å². The Balaban J connectivity index is -0.000000352. The fraction of sp³-hybridized carbons (Fsp3) is 0.724. The molecule has 0 aromatic carbocycles. The number of unbranched alkanes of at least 4 members (excludes halogenated alkanes) is 6. The molecule has 3 fully saturated rings. The van der Waals surface area contributed by atoms with E-state index in [9.17, 15) is 115 Å². The van der Waals surface area contributed by atoms with Crippen molar-refractivity contribution >= 4 is 142 Å². The molecule has 3 aliphatic rings. The lowest BCUT2D eigenvalue weighted by Gasteiger charge is -2.14. The highest BCUT2D eigenvalue weighted by atomic mass is 16.7. The molecule has 48 heteroatoms. The largest absolute Gasteiger partial charge is 0.480 e. The predicted octanol–water partition coefficient (Wildman–Crippen LogP) is 2.80. The van der Waals surface area contributed by atoms with Gasteiger partial charge in [0.2, 0.25) is 35.4 Å². The van der Waals surface area contributed by atoms with Gasteiger partial charge in [-0.1, -0.05) is 60.8 Å². The van der Waals surface area contributed by atoms with E-state index in [1.165, 1.54) is 20.8 Å². The van der Waals surface area contributed by atoms with Crippen LogP contribution in [0.3, 0.4) is 0 Å². The molecule has 12 amide bonds. The third-order valence-electron chi connectivity index (χ3n) is 18.0. The van der Waals surface area contributed by atoms with Crippen molar-refractivity contribution in [2.45, 2.75) is 368 Å². The van der Waals surface area contributed by atoms with Gasteiger partial charge in [-0.25, -0.2) is 28.8 Å². The molecule has 0 spiro atoms. The van der Waals surface area contributed by atoms with E-state index in [1.54, 1.807) is 0 Å². The van der Waals surface area contributed by atoms with Crippen LogP contribution in [0.4, 0.5) is 0 Å². The fourth-order valence-corrected chi connectivity index (χ4v) is 10.4. The Morgan fingerprint density at radius 1 is 0.274 bits per heavy atom. The van der Waals surface area contributed by atoms with Crippen molar-refractivity contribution in [2.75, 3.05) is 39.3 Å². The highest BCUT2D eigenvalue weighted by Gasteiger charge is 2.35. The maximum absolute atomic E-state index is 11.6. The van der Waals surface area contributed by atoms with Gasteiger partial charge in [0.15, 0.2) is 0 Å². The lowest BCUT2D eigenvalue weighted by atomic mass is 10.1. The van der Waals surface area contributed by atoms with Crippen LogP contribution in [0.2, 0.25) is 0 Å². The molecular weight excluding hydrogens is 1780 g/mol. The van der Waals surface area contributed by atoms with Gasteiger partial charge in [-0.2, -0.15) is 0 Å². The first-order chi connectivity index (χ1) is 63.6. The van der Waals surface area contributed by atoms with Gasteiger partial charge < -0.3 is 126 Å². The Kier molecular flexibility index (Phi) is 85.7. The lowest BCUT2D eigenvalue weighted by Crippen LogP contribution is -2.40. The van der Waals surface area contributed by atoms with E-state index in [0.717, 1.165) is 51.4 Å². The average Bonchev–Trinajstić information content (AvgIpc) is 1.74. The van der Waals surface area contributed by atoms with Gasteiger partial charge in [-0.15, -0.1) is 15.2 Å². The number of hydroxylamine groups is 6. The monoisotopic (exact) mass is 1940 g/mol. The third-order valence-corrected chi connectivity index (χ3v) is 18.0. The molecule has 0 aromatic heterocycles. The number of ketones is 3. The number of carbonyl (C=O) groups is 24. The summed E-state index contributed by atoms with van der Waals surface area (Å²) in [6.45, 7) is 18.7. The minimum Gasteiger partial charge on any atom is -0.480 e. The zero-order valence-corrected chi connectivity index (χ0v) is 79.9. The quantitative estimate of drug-likeness (QED) is 0.0307. The summed E-state index contributed by atoms with van der Waals surface area (Å²) >= 11 is 0. The van der Waals surface area contributed by atoms with Crippen LogP contribution in [0.25, 0.3) is 0 Å². The third kappa shape index (κ3) is 81.5. The number of hydrogen-bond acceptors (Lipinski definition) is 33. The molecule has 135 heavy (non-hydrogen) atoms. The molecule has 6 unspecified atom stereocenters. The van der Waals surface area contributed by atoms with Gasteiger partial charge in [0, 0.05) is 129 Å². The number of carboxylic acid groups (broad SMARTS) is 6. The Hall–Kier alpha value is -11.8. The number of Topliss-reactive ketones (excluding diaryl/α,β-unsaturated/α-hetero) is 3. The van der Waals surface area contributed by atoms with E-state index >= 15 is 0 Å². The molecular formula is C87H153N15O33. The molecule has 0 aromatic rings. The number of imide groups is 3. The second-order valence-corrected chi connectivity index (χ2v) is 30.8. The van der Waals surface area contributed by atoms with Crippen LogP contribution >= 0.6 is 0 Å². The molecule has 774 valence electrons. The minimum absolute atomic E-state index is 0.0225. The first-order valence-electron chi connectivity index (χ1n) is 45.7. The Morgan fingerprint density at radius 3 is 0.689 bits per heavy atom. The first-order valence-corrected chi connectivity index (χ1v) is 45.7. The van der Waals surface area contributed by atoms with Gasteiger partial charge in [-0.05, 0) is 175 Å². The number of nitrogens with two attached hydrogens (primary N) is 6. The standard InChI is InChI=1S/C16H26N2O6.2C14H26N2O4.C9H11NO5.2C8H11NO4.3C6H14N2O2/c1-11(19)6-8-14(21)17-10-4-3-5-13(16(23)24)18-15(22)9-7-12(2)20;2*1-3-7-12(17)15-10-6-5-9-11(14(19)20)16-13(18)8-4-2;1-6(11)2-5-9(14)15-10-7(12)3-4-8(10)13;2*1-2-3-8(12)13-9-6(10)4-5-7(9)11;3*7-4-2-1-3-5(8)6(9)10/h13H,3-10H2,1-2H3,(H,17,21)(H,18,22)(H,23,24);2*11H,3-10H2,1-2H3,(H,15,17)(H,16,18)(H,19,20);2-5H2,1H3;2*2-5H2,1H3;3*5H,1-4,7-8H2,(H,9,10). The van der Waals surface area contributed by atoms with Crippen molar-refractivity contribution in [1.82, 2.24) is 47.1 Å². The molecule has 3 heterocycles. The van der Waals surface area contributed by atoms with Crippen LogP contribution in [0.5, 0.6) is 0 Å². The number of aliphatic carboxylic acids is 6. The van der Waals surface area contributed by atoms with Crippen LogP contribution in [0.1, 0.15) is 332 Å². The van der Waals surface area contributed by atoms with Crippen LogP contribution in [0.15, 0.2) is 0 Å². The predicted molar refractivity (Wildman–Crippen MR) is 486 cm³/mol. The van der Waals surface area contributed by atoms with E-state index in [2.05, 4.69) is 46.4 Å². The topological polar surface area (TPSA) is 797 Å². The summed E-state index contributed by atoms with van der Waals surface area (Å²) in [7, 11) is 0. The second kappa shape index (κ2) is 86.4. The average molecular weight is 1940 g/mol. The normalized spacial score (nSPS) is 13.3. The number of carbonyl (C=O) groups excluding carboxylic acids is 18. The maximum atomic E-state index is 11.6. The molecule has 3 rings (SSSR count). The SMILES string of the molecule is CC(=O)CCC(=O)NCCCCC(NC(=O)CCC(C)=O)C(=O)O.CC(=O)CCC(=O)ON1C(=O)CCC1=O.CCCC(=O)NCCCCC(NC(=O)CCC)C(=O)O.CCCC(=O)NCCCCC(NC(=O)CCC)C(=O)O.CCCC(=O)ON1C(=O)CCC1=O.CCCC(=O)ON1C(=O)CCC1=O.NCCCCC(N)C(=O)O.NCCCCC(N)C(=O)O.NCCCCC(N)C(=O)O. The summed E-state index contributed by atoms with van der Waals surface area (Å²) in [4.78, 5) is 276. The molecule has 0 aliphatic carbocycles. The molecule has 3 aliphatic heterocycles. The van der Waals surface area contributed by atoms with Crippen molar-refractivity contribution < 1.29 is 160 Å². The van der Waals surface area contributed by atoms with Gasteiger partial charge in [0.1, 0.15) is 53.6 Å². The van der Waals surface area contributed by atoms with E-state index in [-0.39, 0.29) is 143 Å². The van der Waals surface area contributed by atoms with Gasteiger partial charge in [0.25, 0.3) is 35.4 Å². The summed E-state index contributed by atoms with van der Waals surface area (Å²) < 4.78 is 0. The Bertz CT molecular complexity index is 3420. The molecule has 48 nitrogen and oxygen atoms in total. The first kappa shape index (κ1) is 134. The number of nitrogens with zero attached hydrogens (tertiary/aromatic N) is 3. The highest BCUT2D eigenvalue weighted by molar-refractivity contribution is 6.03. The zero-order chi connectivity index (χ0) is 104. The summed E-state index contributed by atoms with van der Waals surface area (Å²) in [6.07, 6.45) is 18.8. The molecule has 0 saturated carbocycles. The van der Waals surface area contributed by atoms with E-state index in [1.807, 2.05) is 41.5 Å². The van der Waals surface area contributed by atoms with Crippen LogP contribution in [-0.2, 0) is 130 Å². The van der Waals surface area contributed by atoms with E-state index in [0.29, 0.717) is 176 Å². The van der Waals surface area contributed by atoms with Gasteiger partial charge in [0.05, 0.1) is 6.42 Å². The fourth-order valence-electron chi connectivity index (χ4n) is 10.4. The van der Waals surface area contributed by atoms with Crippen LogP contribution in [0, 0.1) is 0 Å². The minimum atomic E-state index is -1.13. The Morgan fingerprint density at radius 2 is 0.474 bits per heavy atom. The molecule has 3 saturated heterocycles. The summed E-state index contributed by atoms with van der Waals surface area (Å²) in [5.41, 5.74) is 31.3.